The van der Waals surface area contributed by atoms with Crippen LogP contribution in [0.25, 0.3) is 0 Å². The normalized spacial score (nSPS) is 20.9. The van der Waals surface area contributed by atoms with Crippen molar-refractivity contribution >= 4 is 11.9 Å². The molecule has 5 heteroatoms. The zero-order chi connectivity index (χ0) is 10.7. The maximum Gasteiger partial charge on any atom is 0.320 e. The predicted molar refractivity (Wildman–Crippen MR) is 50.3 cm³/mol. The van der Waals surface area contributed by atoms with Gasteiger partial charge in [0.2, 0.25) is 5.91 Å². The molecule has 0 heterocycles. The standard InChI is InChI=1S/C9H16N2O3/c10-7(9(13)14)4-6(8(11)12)5-2-1-3-5/h5-7H,1-4,10H2,(H2,11,12)(H,13,14). The van der Waals surface area contributed by atoms with Crippen LogP contribution in [0.1, 0.15) is 25.7 Å². The Labute approximate surface area is 82.5 Å². The summed E-state index contributed by atoms with van der Waals surface area (Å²) in [5.41, 5.74) is 10.6. The zero-order valence-corrected chi connectivity index (χ0v) is 7.98. The van der Waals surface area contributed by atoms with E-state index in [9.17, 15) is 9.59 Å². The minimum Gasteiger partial charge on any atom is -0.480 e. The van der Waals surface area contributed by atoms with Gasteiger partial charge in [0.1, 0.15) is 6.04 Å². The summed E-state index contributed by atoms with van der Waals surface area (Å²) < 4.78 is 0. The van der Waals surface area contributed by atoms with Crippen LogP contribution in [-0.2, 0) is 9.59 Å². The molecule has 1 saturated carbocycles. The fraction of sp³-hybridized carbons (Fsp3) is 0.778. The van der Waals surface area contributed by atoms with E-state index in [0.29, 0.717) is 0 Å². The summed E-state index contributed by atoms with van der Waals surface area (Å²) in [6.07, 6.45) is 3.17. The van der Waals surface area contributed by atoms with Crippen LogP contribution in [0.4, 0.5) is 0 Å². The first-order valence-corrected chi connectivity index (χ1v) is 4.80. The van der Waals surface area contributed by atoms with Crippen molar-refractivity contribution < 1.29 is 14.7 Å². The van der Waals surface area contributed by atoms with E-state index in [1.807, 2.05) is 0 Å². The first-order chi connectivity index (χ1) is 6.52. The summed E-state index contributed by atoms with van der Waals surface area (Å²) in [7, 11) is 0. The molecule has 80 valence electrons. The number of carbonyl (C=O) groups is 2. The lowest BCUT2D eigenvalue weighted by molar-refractivity contribution is -0.139. The minimum atomic E-state index is -1.07. The van der Waals surface area contributed by atoms with Gasteiger partial charge in [0.05, 0.1) is 0 Å². The van der Waals surface area contributed by atoms with E-state index in [1.54, 1.807) is 0 Å². The minimum absolute atomic E-state index is 0.162. The Bertz CT molecular complexity index is 238. The molecule has 1 aliphatic rings. The van der Waals surface area contributed by atoms with Crippen molar-refractivity contribution in [2.45, 2.75) is 31.7 Å². The number of aliphatic carboxylic acids is 1. The van der Waals surface area contributed by atoms with Gasteiger partial charge in [-0.05, 0) is 25.2 Å². The number of carbonyl (C=O) groups excluding carboxylic acids is 1. The van der Waals surface area contributed by atoms with Gasteiger partial charge in [-0.15, -0.1) is 0 Å². The molecule has 1 amide bonds. The van der Waals surface area contributed by atoms with E-state index in [2.05, 4.69) is 0 Å². The molecule has 0 aromatic rings. The maximum absolute atomic E-state index is 11.1. The fourth-order valence-corrected chi connectivity index (χ4v) is 1.76. The van der Waals surface area contributed by atoms with Crippen LogP contribution < -0.4 is 11.5 Å². The van der Waals surface area contributed by atoms with Crippen molar-refractivity contribution in [2.24, 2.45) is 23.3 Å². The third-order valence-electron chi connectivity index (χ3n) is 2.91. The molecule has 14 heavy (non-hydrogen) atoms. The molecule has 2 atom stereocenters. The van der Waals surface area contributed by atoms with Gasteiger partial charge in [0, 0.05) is 5.92 Å². The monoisotopic (exact) mass is 200 g/mol. The highest BCUT2D eigenvalue weighted by Gasteiger charge is 2.33. The zero-order valence-electron chi connectivity index (χ0n) is 7.98. The maximum atomic E-state index is 11.1. The molecule has 1 aliphatic carbocycles. The Hall–Kier alpha value is -1.10. The molecule has 0 aromatic heterocycles. The Kier molecular flexibility index (Phi) is 3.46. The Balaban J connectivity index is 2.50. The first kappa shape index (κ1) is 11.0. The van der Waals surface area contributed by atoms with Crippen LogP contribution in [-0.4, -0.2) is 23.0 Å². The van der Waals surface area contributed by atoms with Crippen LogP contribution >= 0.6 is 0 Å². The summed E-state index contributed by atoms with van der Waals surface area (Å²) in [5, 5.41) is 8.61. The van der Waals surface area contributed by atoms with Gasteiger partial charge in [-0.25, -0.2) is 0 Å². The average Bonchev–Trinajstić information content (AvgIpc) is 1.99. The van der Waals surface area contributed by atoms with Gasteiger partial charge in [0.25, 0.3) is 0 Å². The molecule has 0 radical (unpaired) electrons. The highest BCUT2D eigenvalue weighted by atomic mass is 16.4. The number of primary amides is 1. The van der Waals surface area contributed by atoms with E-state index in [-0.39, 0.29) is 18.3 Å². The predicted octanol–water partition coefficient (Wildman–Crippen LogP) is -0.310. The Morgan fingerprint density at radius 1 is 1.43 bits per heavy atom. The number of hydrogen-bond acceptors (Lipinski definition) is 3. The van der Waals surface area contributed by atoms with E-state index in [4.69, 9.17) is 16.6 Å². The van der Waals surface area contributed by atoms with E-state index in [1.165, 1.54) is 0 Å². The second-order valence-electron chi connectivity index (χ2n) is 3.88. The topological polar surface area (TPSA) is 106 Å². The molecule has 5 nitrogen and oxygen atoms in total. The van der Waals surface area contributed by atoms with Crippen LogP contribution in [0.5, 0.6) is 0 Å². The average molecular weight is 200 g/mol. The Morgan fingerprint density at radius 3 is 2.29 bits per heavy atom. The second kappa shape index (κ2) is 4.41. The third kappa shape index (κ3) is 2.45. The summed E-state index contributed by atoms with van der Waals surface area (Å²) in [5.74, 6) is -1.62. The summed E-state index contributed by atoms with van der Waals surface area (Å²) in [4.78, 5) is 21.6. The largest absolute Gasteiger partial charge is 0.480 e. The van der Waals surface area contributed by atoms with Gasteiger partial charge in [-0.1, -0.05) is 6.42 Å². The van der Waals surface area contributed by atoms with E-state index in [0.717, 1.165) is 19.3 Å². The molecule has 2 unspecified atom stereocenters. The highest BCUT2D eigenvalue weighted by Crippen LogP contribution is 2.35. The molecule has 0 saturated heterocycles. The summed E-state index contributed by atoms with van der Waals surface area (Å²) in [6.45, 7) is 0. The lowest BCUT2D eigenvalue weighted by Crippen LogP contribution is -2.41. The van der Waals surface area contributed by atoms with Crippen LogP contribution in [0.3, 0.4) is 0 Å². The molecule has 0 spiro atoms. The second-order valence-corrected chi connectivity index (χ2v) is 3.88. The van der Waals surface area contributed by atoms with Crippen molar-refractivity contribution in [3.63, 3.8) is 0 Å². The van der Waals surface area contributed by atoms with Crippen molar-refractivity contribution in [1.82, 2.24) is 0 Å². The lowest BCUT2D eigenvalue weighted by atomic mass is 9.73. The smallest absolute Gasteiger partial charge is 0.320 e. The van der Waals surface area contributed by atoms with Gasteiger partial charge in [-0.2, -0.15) is 0 Å². The number of carboxylic acid groups (broad SMARTS) is 1. The van der Waals surface area contributed by atoms with Gasteiger partial charge in [0.15, 0.2) is 0 Å². The molecule has 5 N–H and O–H groups in total. The van der Waals surface area contributed by atoms with Crippen LogP contribution in [0, 0.1) is 11.8 Å². The lowest BCUT2D eigenvalue weighted by Gasteiger charge is -2.32. The van der Waals surface area contributed by atoms with Gasteiger partial charge < -0.3 is 16.6 Å². The molecule has 1 fully saturated rings. The molecule has 0 bridgehead atoms. The van der Waals surface area contributed by atoms with Crippen molar-refractivity contribution in [1.29, 1.82) is 0 Å². The molecular formula is C9H16N2O3. The highest BCUT2D eigenvalue weighted by molar-refractivity contribution is 5.79. The van der Waals surface area contributed by atoms with Crippen LogP contribution in [0.2, 0.25) is 0 Å². The summed E-state index contributed by atoms with van der Waals surface area (Å²) in [6, 6.07) is -0.979. The fourth-order valence-electron chi connectivity index (χ4n) is 1.76. The number of carboxylic acids is 1. The Morgan fingerprint density at radius 2 is 2.00 bits per heavy atom. The van der Waals surface area contributed by atoms with Crippen molar-refractivity contribution in [3.8, 4) is 0 Å². The summed E-state index contributed by atoms with van der Waals surface area (Å²) >= 11 is 0. The number of amides is 1. The molecular weight excluding hydrogens is 184 g/mol. The molecule has 0 aromatic carbocycles. The third-order valence-corrected chi connectivity index (χ3v) is 2.91. The molecule has 1 rings (SSSR count). The number of nitrogens with two attached hydrogens (primary N) is 2. The first-order valence-electron chi connectivity index (χ1n) is 4.80. The number of rotatable bonds is 5. The van der Waals surface area contributed by atoms with Gasteiger partial charge >= 0.3 is 5.97 Å². The van der Waals surface area contributed by atoms with E-state index >= 15 is 0 Å². The van der Waals surface area contributed by atoms with Crippen molar-refractivity contribution in [2.75, 3.05) is 0 Å². The van der Waals surface area contributed by atoms with Crippen molar-refractivity contribution in [3.05, 3.63) is 0 Å². The van der Waals surface area contributed by atoms with E-state index < -0.39 is 17.9 Å². The van der Waals surface area contributed by atoms with Gasteiger partial charge in [-0.3, -0.25) is 9.59 Å². The number of hydrogen-bond donors (Lipinski definition) is 3. The molecule has 0 aliphatic heterocycles. The SMILES string of the molecule is NC(=O)C(CC(N)C(=O)O)C1CCC1. The quantitative estimate of drug-likeness (QED) is 0.565. The van der Waals surface area contributed by atoms with Crippen LogP contribution in [0.15, 0.2) is 0 Å².